The highest BCUT2D eigenvalue weighted by molar-refractivity contribution is 6.42. The lowest BCUT2D eigenvalue weighted by atomic mass is 9.96. The molecule has 174 valence electrons. The molecule has 6 nitrogen and oxygen atoms in total. The number of benzene rings is 2. The van der Waals surface area contributed by atoms with Crippen LogP contribution < -0.4 is 5.32 Å². The van der Waals surface area contributed by atoms with E-state index in [0.29, 0.717) is 27.8 Å². The van der Waals surface area contributed by atoms with E-state index in [2.05, 4.69) is 5.32 Å². The van der Waals surface area contributed by atoms with Gasteiger partial charge in [-0.25, -0.2) is 0 Å². The molecule has 0 fully saturated rings. The van der Waals surface area contributed by atoms with Crippen molar-refractivity contribution in [1.29, 1.82) is 0 Å². The third kappa shape index (κ3) is 5.95. The molecule has 3 aromatic rings. The summed E-state index contributed by atoms with van der Waals surface area (Å²) in [7, 11) is 0. The summed E-state index contributed by atoms with van der Waals surface area (Å²) in [6.07, 6.45) is -0.0410. The number of carbonyl (C=O) groups is 2. The number of rotatable bonds is 8. The first-order valence-electron chi connectivity index (χ1n) is 10.7. The van der Waals surface area contributed by atoms with Crippen molar-refractivity contribution in [3.63, 3.8) is 0 Å². The number of anilines is 1. The van der Waals surface area contributed by atoms with Gasteiger partial charge in [0.05, 0.1) is 28.7 Å². The Kier molecular flexibility index (Phi) is 7.82. The zero-order valence-corrected chi connectivity index (χ0v) is 20.5. The Balaban J connectivity index is 1.81. The number of amides is 1. The van der Waals surface area contributed by atoms with Crippen LogP contribution in [0, 0.1) is 0 Å². The molecule has 0 aliphatic rings. The number of halogens is 2. The van der Waals surface area contributed by atoms with Crippen molar-refractivity contribution >= 4 is 40.8 Å². The summed E-state index contributed by atoms with van der Waals surface area (Å²) in [4.78, 5) is 24.0. The van der Waals surface area contributed by atoms with Crippen LogP contribution in [0.1, 0.15) is 72.4 Å². The van der Waals surface area contributed by atoms with Gasteiger partial charge in [-0.3, -0.25) is 14.3 Å². The minimum absolute atomic E-state index is 0.0410. The fraction of sp³-hybridized carbons (Fsp3) is 0.320. The molecule has 0 saturated carbocycles. The second-order valence-electron chi connectivity index (χ2n) is 8.57. The minimum Gasteiger partial charge on any atom is -0.481 e. The average molecular weight is 488 g/mol. The molecule has 3 rings (SSSR count). The van der Waals surface area contributed by atoms with Gasteiger partial charge in [-0.15, -0.1) is 0 Å². The van der Waals surface area contributed by atoms with Gasteiger partial charge >= 0.3 is 5.97 Å². The van der Waals surface area contributed by atoms with E-state index >= 15 is 0 Å². The molecule has 0 atom stereocenters. The van der Waals surface area contributed by atoms with Crippen molar-refractivity contribution < 1.29 is 14.7 Å². The zero-order valence-electron chi connectivity index (χ0n) is 19.0. The summed E-state index contributed by atoms with van der Waals surface area (Å²) in [6, 6.07) is 12.2. The first-order valence-corrected chi connectivity index (χ1v) is 11.5. The molecule has 0 aliphatic carbocycles. The third-order valence-electron chi connectivity index (χ3n) is 5.27. The summed E-state index contributed by atoms with van der Waals surface area (Å²) < 4.78 is 1.90. The summed E-state index contributed by atoms with van der Waals surface area (Å²) >= 11 is 11.9. The lowest BCUT2D eigenvalue weighted by Gasteiger charge is -2.13. The van der Waals surface area contributed by atoms with Crippen LogP contribution in [0.2, 0.25) is 10.0 Å². The fourth-order valence-electron chi connectivity index (χ4n) is 3.80. The number of nitrogens with zero attached hydrogens (tertiary/aromatic N) is 2. The minimum atomic E-state index is -0.861. The molecule has 33 heavy (non-hydrogen) atoms. The Labute approximate surface area is 203 Å². The van der Waals surface area contributed by atoms with E-state index in [9.17, 15) is 14.7 Å². The summed E-state index contributed by atoms with van der Waals surface area (Å²) in [5.74, 6) is -0.892. The van der Waals surface area contributed by atoms with Gasteiger partial charge in [0.15, 0.2) is 0 Å². The second kappa shape index (κ2) is 10.4. The highest BCUT2D eigenvalue weighted by atomic mass is 35.5. The number of carbonyl (C=O) groups excluding carboxylic acids is 1. The molecule has 1 heterocycles. The highest BCUT2D eigenvalue weighted by Gasteiger charge is 2.23. The summed E-state index contributed by atoms with van der Waals surface area (Å²) in [6.45, 7) is 8.64. The third-order valence-corrected chi connectivity index (χ3v) is 6.01. The first-order chi connectivity index (χ1) is 15.6. The van der Waals surface area contributed by atoms with Crippen molar-refractivity contribution in [2.24, 2.45) is 0 Å². The summed E-state index contributed by atoms with van der Waals surface area (Å²) in [5, 5.41) is 17.7. The van der Waals surface area contributed by atoms with Crippen molar-refractivity contribution in [3.8, 4) is 0 Å². The number of carboxylic acids is 1. The Morgan fingerprint density at radius 1 is 1.00 bits per heavy atom. The van der Waals surface area contributed by atoms with Gasteiger partial charge in [0, 0.05) is 22.5 Å². The quantitative estimate of drug-likeness (QED) is 0.386. The number of hydrogen-bond donors (Lipinski definition) is 2. The Morgan fingerprint density at radius 2 is 1.67 bits per heavy atom. The van der Waals surface area contributed by atoms with Crippen LogP contribution in [0.3, 0.4) is 0 Å². The van der Waals surface area contributed by atoms with E-state index in [1.54, 1.807) is 12.1 Å². The SMILES string of the molecule is CC(C)c1nn(Cc2ccc(NC(=O)c3ccc(Cl)c(Cl)c3)cc2)c(C(C)C)c1CC(=O)O. The monoisotopic (exact) mass is 487 g/mol. The zero-order chi connectivity index (χ0) is 24.3. The largest absolute Gasteiger partial charge is 0.481 e. The first kappa shape index (κ1) is 24.8. The van der Waals surface area contributed by atoms with Gasteiger partial charge in [0.25, 0.3) is 5.91 Å². The molecule has 0 spiro atoms. The Hall–Kier alpha value is -2.83. The summed E-state index contributed by atoms with van der Waals surface area (Å²) in [5.41, 5.74) is 4.62. The molecule has 2 aromatic carbocycles. The van der Waals surface area contributed by atoms with Crippen LogP contribution in [0.25, 0.3) is 0 Å². The van der Waals surface area contributed by atoms with Crippen molar-refractivity contribution in [3.05, 3.63) is 80.6 Å². The van der Waals surface area contributed by atoms with E-state index in [1.807, 2.05) is 56.6 Å². The molecule has 1 aromatic heterocycles. The van der Waals surface area contributed by atoms with Crippen molar-refractivity contribution in [2.45, 2.75) is 52.5 Å². The van der Waals surface area contributed by atoms with Crippen molar-refractivity contribution in [1.82, 2.24) is 9.78 Å². The number of aromatic nitrogens is 2. The van der Waals surface area contributed by atoms with E-state index < -0.39 is 5.97 Å². The maximum Gasteiger partial charge on any atom is 0.307 e. The predicted molar refractivity (Wildman–Crippen MR) is 132 cm³/mol. The normalized spacial score (nSPS) is 11.3. The topological polar surface area (TPSA) is 84.2 Å². The molecular formula is C25H27Cl2N3O3. The molecule has 0 aliphatic heterocycles. The van der Waals surface area contributed by atoms with Gasteiger partial charge in [-0.05, 0) is 47.7 Å². The van der Waals surface area contributed by atoms with E-state index in [1.165, 1.54) is 6.07 Å². The van der Waals surface area contributed by atoms with Crippen LogP contribution in [0.15, 0.2) is 42.5 Å². The van der Waals surface area contributed by atoms with Crippen LogP contribution in [-0.4, -0.2) is 26.8 Å². The predicted octanol–water partition coefficient (Wildman–Crippen LogP) is 6.36. The van der Waals surface area contributed by atoms with Gasteiger partial charge in [-0.1, -0.05) is 63.0 Å². The smallest absolute Gasteiger partial charge is 0.307 e. The lowest BCUT2D eigenvalue weighted by Crippen LogP contribution is -2.12. The molecule has 0 saturated heterocycles. The van der Waals surface area contributed by atoms with Gasteiger partial charge < -0.3 is 10.4 Å². The van der Waals surface area contributed by atoms with Gasteiger partial charge in [-0.2, -0.15) is 5.10 Å². The van der Waals surface area contributed by atoms with Crippen LogP contribution >= 0.6 is 23.2 Å². The van der Waals surface area contributed by atoms with Crippen LogP contribution in [-0.2, 0) is 17.8 Å². The van der Waals surface area contributed by atoms with Crippen LogP contribution in [0.5, 0.6) is 0 Å². The molecule has 0 bridgehead atoms. The molecule has 1 amide bonds. The highest BCUT2D eigenvalue weighted by Crippen LogP contribution is 2.29. The Morgan fingerprint density at radius 3 is 2.21 bits per heavy atom. The number of hydrogen-bond acceptors (Lipinski definition) is 3. The number of carboxylic acid groups (broad SMARTS) is 1. The van der Waals surface area contributed by atoms with Gasteiger partial charge in [0.2, 0.25) is 0 Å². The molecule has 8 heteroatoms. The Bertz CT molecular complexity index is 1170. The van der Waals surface area contributed by atoms with E-state index in [-0.39, 0.29) is 24.2 Å². The average Bonchev–Trinajstić information content (AvgIpc) is 3.09. The lowest BCUT2D eigenvalue weighted by molar-refractivity contribution is -0.136. The molecular weight excluding hydrogens is 461 g/mol. The van der Waals surface area contributed by atoms with E-state index in [0.717, 1.165) is 22.5 Å². The molecule has 0 unspecified atom stereocenters. The standard InChI is InChI=1S/C25H27Cl2N3O3/c1-14(2)23-19(12-22(31)32)24(15(3)4)30(29-23)13-16-5-8-18(9-6-16)28-25(33)17-7-10-20(26)21(27)11-17/h5-11,14-15H,12-13H2,1-4H3,(H,28,33)(H,31,32). The molecule has 2 N–H and O–H groups in total. The van der Waals surface area contributed by atoms with Crippen molar-refractivity contribution in [2.75, 3.05) is 5.32 Å². The number of aliphatic carboxylic acids is 1. The van der Waals surface area contributed by atoms with E-state index in [4.69, 9.17) is 28.3 Å². The second-order valence-corrected chi connectivity index (χ2v) is 9.38. The maximum absolute atomic E-state index is 12.5. The maximum atomic E-state index is 12.5. The molecule has 0 radical (unpaired) electrons. The van der Waals surface area contributed by atoms with Gasteiger partial charge in [0.1, 0.15) is 0 Å². The number of nitrogens with one attached hydrogen (secondary N) is 1. The van der Waals surface area contributed by atoms with Crippen LogP contribution in [0.4, 0.5) is 5.69 Å². The fourth-order valence-corrected chi connectivity index (χ4v) is 4.10.